The number of nitrogens with one attached hydrogen (secondary N) is 1. The summed E-state index contributed by atoms with van der Waals surface area (Å²) in [5.41, 5.74) is 0. The summed E-state index contributed by atoms with van der Waals surface area (Å²) >= 11 is 0. The van der Waals surface area contributed by atoms with Crippen molar-refractivity contribution in [3.05, 3.63) is 23.7 Å². The van der Waals surface area contributed by atoms with E-state index in [1.165, 1.54) is 25.7 Å². The number of furan rings is 1. The molecule has 1 unspecified atom stereocenters. The van der Waals surface area contributed by atoms with Gasteiger partial charge in [0.05, 0.1) is 6.04 Å². The van der Waals surface area contributed by atoms with Gasteiger partial charge in [-0.05, 0) is 37.9 Å². The average molecular weight is 253 g/mol. The van der Waals surface area contributed by atoms with Crippen molar-refractivity contribution < 1.29 is 9.15 Å². The van der Waals surface area contributed by atoms with Crippen molar-refractivity contribution in [3.63, 3.8) is 0 Å². The number of hydrogen-bond donors (Lipinski definition) is 1. The lowest BCUT2D eigenvalue weighted by Crippen LogP contribution is -2.25. The molecule has 1 aromatic rings. The molecular formula is C15H27NO2. The predicted molar refractivity (Wildman–Crippen MR) is 74.5 cm³/mol. The first kappa shape index (κ1) is 15.3. The van der Waals surface area contributed by atoms with Crippen LogP contribution in [0.15, 0.2) is 16.5 Å². The van der Waals surface area contributed by atoms with Crippen LogP contribution in [0.2, 0.25) is 0 Å². The van der Waals surface area contributed by atoms with Crippen molar-refractivity contribution >= 4 is 0 Å². The molecule has 0 aliphatic rings. The summed E-state index contributed by atoms with van der Waals surface area (Å²) in [4.78, 5) is 0. The molecule has 0 aliphatic carbocycles. The first-order valence-electron chi connectivity index (χ1n) is 7.01. The summed E-state index contributed by atoms with van der Waals surface area (Å²) in [5.74, 6) is 2.59. The quantitative estimate of drug-likeness (QED) is 0.724. The van der Waals surface area contributed by atoms with Crippen molar-refractivity contribution in [2.45, 2.75) is 52.2 Å². The number of ether oxygens (including phenoxy) is 1. The van der Waals surface area contributed by atoms with Gasteiger partial charge < -0.3 is 14.5 Å². The molecule has 1 aromatic heterocycles. The second kappa shape index (κ2) is 8.33. The zero-order valence-corrected chi connectivity index (χ0v) is 12.2. The van der Waals surface area contributed by atoms with Gasteiger partial charge in [-0.1, -0.05) is 26.7 Å². The monoisotopic (exact) mass is 253 g/mol. The highest BCUT2D eigenvalue weighted by Crippen LogP contribution is 2.30. The van der Waals surface area contributed by atoms with E-state index >= 15 is 0 Å². The molecule has 0 amide bonds. The van der Waals surface area contributed by atoms with Gasteiger partial charge in [0.2, 0.25) is 0 Å². The first-order chi connectivity index (χ1) is 8.76. The third kappa shape index (κ3) is 4.14. The van der Waals surface area contributed by atoms with Gasteiger partial charge in [0.15, 0.2) is 0 Å². The molecule has 0 bridgehead atoms. The Morgan fingerprint density at radius 1 is 1.22 bits per heavy atom. The van der Waals surface area contributed by atoms with E-state index in [0.717, 1.165) is 11.5 Å². The lowest BCUT2D eigenvalue weighted by Gasteiger charge is -2.24. The normalized spacial score (nSPS) is 13.2. The third-order valence-corrected chi connectivity index (χ3v) is 3.38. The second-order valence-electron chi connectivity index (χ2n) is 4.84. The fraction of sp³-hybridized carbons (Fsp3) is 0.733. The lowest BCUT2D eigenvalue weighted by molar-refractivity contribution is 0.159. The fourth-order valence-corrected chi connectivity index (χ4v) is 2.61. The van der Waals surface area contributed by atoms with Gasteiger partial charge in [-0.15, -0.1) is 0 Å². The molecule has 3 heteroatoms. The fourth-order valence-electron chi connectivity index (χ4n) is 2.61. The Morgan fingerprint density at radius 3 is 2.39 bits per heavy atom. The molecule has 1 heterocycles. The van der Waals surface area contributed by atoms with Crippen molar-refractivity contribution in [3.8, 4) is 0 Å². The van der Waals surface area contributed by atoms with E-state index in [2.05, 4.69) is 25.2 Å². The number of methoxy groups -OCH3 is 1. The molecule has 0 aliphatic heterocycles. The minimum atomic E-state index is 0.315. The Morgan fingerprint density at radius 2 is 1.89 bits per heavy atom. The molecule has 3 nitrogen and oxygen atoms in total. The summed E-state index contributed by atoms with van der Waals surface area (Å²) < 4.78 is 11.0. The first-order valence-corrected chi connectivity index (χ1v) is 7.01. The van der Waals surface area contributed by atoms with Crippen LogP contribution >= 0.6 is 0 Å². The van der Waals surface area contributed by atoms with Crippen molar-refractivity contribution in [2.24, 2.45) is 5.92 Å². The summed E-state index contributed by atoms with van der Waals surface area (Å²) in [5, 5.41) is 3.41. The van der Waals surface area contributed by atoms with E-state index in [9.17, 15) is 0 Å². The van der Waals surface area contributed by atoms with Crippen LogP contribution < -0.4 is 5.32 Å². The van der Waals surface area contributed by atoms with Crippen molar-refractivity contribution in [1.82, 2.24) is 5.32 Å². The standard InChI is InChI=1S/C15H27NO2/c1-5-7-12(8-6-2)15(16-3)14-10-9-13(18-14)11-17-4/h9-10,12,15-16H,5-8,11H2,1-4H3. The Balaban J connectivity index is 2.77. The molecule has 1 N–H and O–H groups in total. The maximum Gasteiger partial charge on any atom is 0.129 e. The van der Waals surface area contributed by atoms with Gasteiger partial charge in [0, 0.05) is 7.11 Å². The number of hydrogen-bond acceptors (Lipinski definition) is 3. The van der Waals surface area contributed by atoms with Gasteiger partial charge in [0.1, 0.15) is 18.1 Å². The van der Waals surface area contributed by atoms with Gasteiger partial charge in [-0.2, -0.15) is 0 Å². The highest BCUT2D eigenvalue weighted by Gasteiger charge is 2.23. The Labute approximate surface area is 111 Å². The maximum atomic E-state index is 5.86. The lowest BCUT2D eigenvalue weighted by atomic mass is 9.89. The van der Waals surface area contributed by atoms with Crippen LogP contribution in [0, 0.1) is 5.92 Å². The predicted octanol–water partition coefficient (Wildman–Crippen LogP) is 3.90. The SMILES string of the molecule is CCCC(CCC)C(NC)c1ccc(COC)o1. The van der Waals surface area contributed by atoms with Crippen molar-refractivity contribution in [1.29, 1.82) is 0 Å². The minimum absolute atomic E-state index is 0.315. The molecule has 0 saturated heterocycles. The van der Waals surface area contributed by atoms with Crippen LogP contribution in [0.5, 0.6) is 0 Å². The Hall–Kier alpha value is -0.800. The summed E-state index contributed by atoms with van der Waals surface area (Å²) in [6.07, 6.45) is 4.91. The summed E-state index contributed by atoms with van der Waals surface area (Å²) in [6, 6.07) is 4.40. The van der Waals surface area contributed by atoms with E-state index in [-0.39, 0.29) is 0 Å². The van der Waals surface area contributed by atoms with Crippen LogP contribution in [-0.4, -0.2) is 14.2 Å². The van der Waals surface area contributed by atoms with Gasteiger partial charge in [0.25, 0.3) is 0 Å². The van der Waals surface area contributed by atoms with Crippen LogP contribution in [0.25, 0.3) is 0 Å². The van der Waals surface area contributed by atoms with E-state index in [1.54, 1.807) is 7.11 Å². The molecule has 18 heavy (non-hydrogen) atoms. The van der Waals surface area contributed by atoms with Crippen molar-refractivity contribution in [2.75, 3.05) is 14.2 Å². The van der Waals surface area contributed by atoms with Crippen LogP contribution in [0.3, 0.4) is 0 Å². The maximum absolute atomic E-state index is 5.86. The van der Waals surface area contributed by atoms with Crippen LogP contribution in [0.4, 0.5) is 0 Å². The smallest absolute Gasteiger partial charge is 0.129 e. The molecule has 104 valence electrons. The third-order valence-electron chi connectivity index (χ3n) is 3.38. The topological polar surface area (TPSA) is 34.4 Å². The largest absolute Gasteiger partial charge is 0.462 e. The molecule has 1 rings (SSSR count). The molecule has 0 fully saturated rings. The zero-order valence-electron chi connectivity index (χ0n) is 12.2. The second-order valence-corrected chi connectivity index (χ2v) is 4.84. The van der Waals surface area contributed by atoms with E-state index in [4.69, 9.17) is 9.15 Å². The molecule has 0 spiro atoms. The Bertz CT molecular complexity index is 316. The van der Waals surface area contributed by atoms with Gasteiger partial charge >= 0.3 is 0 Å². The highest BCUT2D eigenvalue weighted by atomic mass is 16.5. The zero-order chi connectivity index (χ0) is 13.4. The highest BCUT2D eigenvalue weighted by molar-refractivity contribution is 5.11. The molecular weight excluding hydrogens is 226 g/mol. The molecule has 0 aromatic carbocycles. The van der Waals surface area contributed by atoms with Crippen LogP contribution in [-0.2, 0) is 11.3 Å². The Kier molecular flexibility index (Phi) is 7.06. The molecule has 1 atom stereocenters. The number of rotatable bonds is 9. The van der Waals surface area contributed by atoms with E-state index in [1.807, 2.05) is 13.1 Å². The van der Waals surface area contributed by atoms with Crippen LogP contribution in [0.1, 0.15) is 57.1 Å². The van der Waals surface area contributed by atoms with Gasteiger partial charge in [-0.3, -0.25) is 0 Å². The van der Waals surface area contributed by atoms with E-state index in [0.29, 0.717) is 18.6 Å². The van der Waals surface area contributed by atoms with Gasteiger partial charge in [-0.25, -0.2) is 0 Å². The molecule has 0 radical (unpaired) electrons. The molecule has 0 saturated carbocycles. The van der Waals surface area contributed by atoms with E-state index < -0.39 is 0 Å². The minimum Gasteiger partial charge on any atom is -0.462 e. The summed E-state index contributed by atoms with van der Waals surface area (Å²) in [6.45, 7) is 5.03. The average Bonchev–Trinajstić information content (AvgIpc) is 2.80. The summed E-state index contributed by atoms with van der Waals surface area (Å²) in [7, 11) is 3.70.